The van der Waals surface area contributed by atoms with Crippen LogP contribution in [0.4, 0.5) is 14.5 Å². The number of aromatic amines is 1. The van der Waals surface area contributed by atoms with Gasteiger partial charge in [0.25, 0.3) is 0 Å². The van der Waals surface area contributed by atoms with Crippen molar-refractivity contribution in [3.63, 3.8) is 0 Å². The minimum atomic E-state index is -1.01. The monoisotopic (exact) mass is 337 g/mol. The van der Waals surface area contributed by atoms with Gasteiger partial charge in [0.2, 0.25) is 0 Å². The van der Waals surface area contributed by atoms with Gasteiger partial charge in [0.1, 0.15) is 5.69 Å². The maximum Gasteiger partial charge on any atom is 0.358 e. The highest BCUT2D eigenvalue weighted by molar-refractivity contribution is 6.35. The Balaban J connectivity index is 2.31. The smallest absolute Gasteiger partial charge is 0.358 e. The van der Waals surface area contributed by atoms with E-state index in [0.29, 0.717) is 5.39 Å². The molecule has 2 heterocycles. The number of halogens is 3. The normalized spacial score (nSPS) is 11.0. The van der Waals surface area contributed by atoms with E-state index in [9.17, 15) is 13.6 Å². The number of fused-ring (bicyclic) bond motifs is 1. The summed E-state index contributed by atoms with van der Waals surface area (Å²) < 4.78 is 33.5. The first-order valence-electron chi connectivity index (χ1n) is 6.44. The summed E-state index contributed by atoms with van der Waals surface area (Å²) in [5, 5.41) is 0.237. The molecule has 118 valence electrons. The molecule has 8 heteroatoms. The number of benzene rings is 1. The van der Waals surface area contributed by atoms with Crippen molar-refractivity contribution in [2.75, 3.05) is 12.8 Å². The summed E-state index contributed by atoms with van der Waals surface area (Å²) in [5.41, 5.74) is 4.32. The van der Waals surface area contributed by atoms with E-state index in [1.165, 1.54) is 6.07 Å². The molecule has 0 saturated carbocycles. The van der Waals surface area contributed by atoms with Gasteiger partial charge >= 0.3 is 5.97 Å². The topological polar surface area (TPSA) is 81.0 Å². The first kappa shape index (κ1) is 15.2. The van der Waals surface area contributed by atoms with Crippen molar-refractivity contribution in [3.05, 3.63) is 46.7 Å². The lowest BCUT2D eigenvalue weighted by atomic mass is 10.1. The quantitative estimate of drug-likeness (QED) is 0.701. The summed E-state index contributed by atoms with van der Waals surface area (Å²) in [5.74, 6) is -2.62. The number of methoxy groups -OCH3 is 1. The lowest BCUT2D eigenvalue weighted by Gasteiger charge is -2.11. The number of nitrogens with zero attached hydrogens (tertiary/aromatic N) is 1. The molecule has 0 amide bonds. The number of ether oxygens (including phenoxy) is 1. The molecule has 0 aliphatic rings. The number of H-pyrrole nitrogens is 1. The molecule has 0 fully saturated rings. The van der Waals surface area contributed by atoms with Crippen molar-refractivity contribution in [1.29, 1.82) is 0 Å². The third kappa shape index (κ3) is 2.29. The molecular formula is C15H10ClF2N3O2. The number of nitrogens with two attached hydrogens (primary N) is 1. The third-order valence-corrected chi connectivity index (χ3v) is 3.79. The molecule has 23 heavy (non-hydrogen) atoms. The second-order valence-electron chi connectivity index (χ2n) is 4.71. The number of carbonyl (C=O) groups excluding carboxylic acids is 1. The molecule has 3 aromatic rings. The van der Waals surface area contributed by atoms with E-state index in [1.54, 1.807) is 18.3 Å². The van der Waals surface area contributed by atoms with Crippen molar-refractivity contribution in [2.45, 2.75) is 0 Å². The second kappa shape index (κ2) is 5.51. The molecular weight excluding hydrogens is 328 g/mol. The highest BCUT2D eigenvalue weighted by Crippen LogP contribution is 2.35. The Labute approximate surface area is 134 Å². The van der Waals surface area contributed by atoms with Gasteiger partial charge in [-0.1, -0.05) is 17.7 Å². The second-order valence-corrected chi connectivity index (χ2v) is 5.09. The van der Waals surface area contributed by atoms with Gasteiger partial charge in [-0.3, -0.25) is 0 Å². The van der Waals surface area contributed by atoms with Crippen LogP contribution in [0.25, 0.3) is 22.2 Å². The zero-order valence-electron chi connectivity index (χ0n) is 11.8. The lowest BCUT2D eigenvalue weighted by Crippen LogP contribution is -2.10. The number of anilines is 1. The molecule has 0 bridgehead atoms. The van der Waals surface area contributed by atoms with E-state index < -0.39 is 29.0 Å². The van der Waals surface area contributed by atoms with Crippen LogP contribution in [0.1, 0.15) is 10.5 Å². The molecule has 0 unspecified atom stereocenters. The van der Waals surface area contributed by atoms with E-state index in [2.05, 4.69) is 14.7 Å². The van der Waals surface area contributed by atoms with Crippen molar-refractivity contribution in [2.24, 2.45) is 0 Å². The fraction of sp³-hybridized carbons (Fsp3) is 0.0667. The van der Waals surface area contributed by atoms with Gasteiger partial charge in [0.05, 0.1) is 23.3 Å². The number of hydrogen-bond acceptors (Lipinski definition) is 4. The Morgan fingerprint density at radius 2 is 2.04 bits per heavy atom. The number of nitrogens with one attached hydrogen (secondary N) is 1. The van der Waals surface area contributed by atoms with Crippen LogP contribution in [0.15, 0.2) is 24.4 Å². The minimum absolute atomic E-state index is 0.147. The molecule has 2 aromatic heterocycles. The number of nitrogen functional groups attached to an aromatic ring is 1. The van der Waals surface area contributed by atoms with Crippen LogP contribution in [0.5, 0.6) is 0 Å². The Morgan fingerprint density at radius 3 is 2.74 bits per heavy atom. The van der Waals surface area contributed by atoms with Crippen LogP contribution in [0, 0.1) is 11.6 Å². The summed E-state index contributed by atoms with van der Waals surface area (Å²) in [7, 11) is 1.12. The van der Waals surface area contributed by atoms with Crippen LogP contribution in [0.2, 0.25) is 5.02 Å². The van der Waals surface area contributed by atoms with Gasteiger partial charge in [-0.2, -0.15) is 0 Å². The van der Waals surface area contributed by atoms with Gasteiger partial charge in [0, 0.05) is 17.1 Å². The number of aromatic nitrogens is 2. The first-order valence-corrected chi connectivity index (χ1v) is 6.82. The van der Waals surface area contributed by atoms with E-state index in [4.69, 9.17) is 17.3 Å². The van der Waals surface area contributed by atoms with Gasteiger partial charge < -0.3 is 15.5 Å². The average molecular weight is 338 g/mol. The summed E-state index contributed by atoms with van der Waals surface area (Å²) >= 11 is 5.82. The molecule has 5 nitrogen and oxygen atoms in total. The minimum Gasteiger partial charge on any atom is -0.464 e. The van der Waals surface area contributed by atoms with Crippen molar-refractivity contribution in [1.82, 2.24) is 9.97 Å². The molecule has 3 rings (SSSR count). The average Bonchev–Trinajstić information content (AvgIpc) is 3.03. The SMILES string of the molecule is COC(=O)c1nc(-c2ccc3cc[nH]c3c2F)c(F)c(N)c1Cl. The zero-order chi connectivity index (χ0) is 16.7. The molecule has 3 N–H and O–H groups in total. The Morgan fingerprint density at radius 1 is 1.30 bits per heavy atom. The number of hydrogen-bond donors (Lipinski definition) is 2. The summed E-state index contributed by atoms with van der Waals surface area (Å²) in [6.45, 7) is 0. The first-order chi connectivity index (χ1) is 11.0. The summed E-state index contributed by atoms with van der Waals surface area (Å²) in [6.07, 6.45) is 1.55. The highest BCUT2D eigenvalue weighted by atomic mass is 35.5. The molecule has 0 aliphatic carbocycles. The van der Waals surface area contributed by atoms with Gasteiger partial charge in [0.15, 0.2) is 17.3 Å². The van der Waals surface area contributed by atoms with Crippen LogP contribution >= 0.6 is 11.6 Å². The lowest BCUT2D eigenvalue weighted by molar-refractivity contribution is 0.0594. The number of pyridine rings is 1. The van der Waals surface area contributed by atoms with E-state index >= 15 is 0 Å². The van der Waals surface area contributed by atoms with Crippen LogP contribution in [0.3, 0.4) is 0 Å². The van der Waals surface area contributed by atoms with Crippen molar-refractivity contribution in [3.8, 4) is 11.3 Å². The predicted octanol–water partition coefficient (Wildman–Crippen LogP) is 3.53. The van der Waals surface area contributed by atoms with Crippen LogP contribution in [-0.2, 0) is 4.74 Å². The van der Waals surface area contributed by atoms with Crippen molar-refractivity contribution < 1.29 is 18.3 Å². The van der Waals surface area contributed by atoms with Crippen molar-refractivity contribution >= 4 is 34.2 Å². The van der Waals surface area contributed by atoms with Gasteiger partial charge in [-0.05, 0) is 12.1 Å². The number of rotatable bonds is 2. The molecule has 0 atom stereocenters. The summed E-state index contributed by atoms with van der Waals surface area (Å²) in [6, 6.07) is 4.61. The Bertz CT molecular complexity index is 940. The van der Waals surface area contributed by atoms with E-state index in [1.807, 2.05) is 0 Å². The maximum absolute atomic E-state index is 14.6. The van der Waals surface area contributed by atoms with Gasteiger partial charge in [-0.15, -0.1) is 0 Å². The molecule has 0 radical (unpaired) electrons. The zero-order valence-corrected chi connectivity index (χ0v) is 12.5. The van der Waals surface area contributed by atoms with Crippen LogP contribution in [-0.4, -0.2) is 23.0 Å². The predicted molar refractivity (Wildman–Crippen MR) is 82.2 cm³/mol. The number of esters is 1. The standard InChI is InChI=1S/C15H10ClF2N3O2/c1-23-15(22)14-8(16)11(19)10(18)13(21-14)7-3-2-6-4-5-20-12(6)9(7)17/h2-5,20H,1H3,(H2,19,21). The Kier molecular flexibility index (Phi) is 3.65. The number of carbonyl (C=O) groups is 1. The molecule has 1 aromatic carbocycles. The van der Waals surface area contributed by atoms with Crippen LogP contribution < -0.4 is 5.73 Å². The van der Waals surface area contributed by atoms with Gasteiger partial charge in [-0.25, -0.2) is 18.6 Å². The Hall–Kier alpha value is -2.67. The van der Waals surface area contributed by atoms with E-state index in [-0.39, 0.29) is 21.8 Å². The fourth-order valence-corrected chi connectivity index (χ4v) is 2.45. The molecule has 0 aliphatic heterocycles. The maximum atomic E-state index is 14.6. The fourth-order valence-electron chi connectivity index (χ4n) is 2.25. The molecule has 0 saturated heterocycles. The third-order valence-electron chi connectivity index (χ3n) is 3.41. The largest absolute Gasteiger partial charge is 0.464 e. The van der Waals surface area contributed by atoms with E-state index in [0.717, 1.165) is 7.11 Å². The summed E-state index contributed by atoms with van der Waals surface area (Å²) in [4.78, 5) is 18.2. The molecule has 0 spiro atoms. The highest BCUT2D eigenvalue weighted by Gasteiger charge is 2.24.